The number of nitrogens with one attached hydrogen (secondary N) is 2. The van der Waals surface area contributed by atoms with Crippen LogP contribution < -0.4 is 15.6 Å². The number of pyridine rings is 1. The minimum atomic E-state index is -0.480. The minimum absolute atomic E-state index is 0.224. The molecule has 0 aliphatic carbocycles. The molecular formula is C17H19N3O3. The maximum Gasteiger partial charge on any atom is 0.288 e. The second-order valence-corrected chi connectivity index (χ2v) is 5.36. The van der Waals surface area contributed by atoms with Gasteiger partial charge in [0.1, 0.15) is 11.4 Å². The van der Waals surface area contributed by atoms with Crippen molar-refractivity contribution < 1.29 is 14.3 Å². The Hall–Kier alpha value is -2.89. The van der Waals surface area contributed by atoms with Gasteiger partial charge in [0.05, 0.1) is 6.61 Å². The van der Waals surface area contributed by atoms with Crippen molar-refractivity contribution in [3.8, 4) is 5.75 Å². The third-order valence-electron chi connectivity index (χ3n) is 2.87. The van der Waals surface area contributed by atoms with Gasteiger partial charge in [0.25, 0.3) is 11.8 Å². The maximum absolute atomic E-state index is 12.1. The van der Waals surface area contributed by atoms with Crippen molar-refractivity contribution in [3.05, 3.63) is 59.9 Å². The number of hydrogen-bond donors (Lipinski definition) is 2. The molecule has 2 rings (SSSR count). The summed E-state index contributed by atoms with van der Waals surface area (Å²) in [5.74, 6) is 0.1000. The highest BCUT2D eigenvalue weighted by atomic mass is 16.5. The molecule has 2 aromatic rings. The van der Waals surface area contributed by atoms with E-state index in [0.717, 1.165) is 0 Å². The van der Waals surface area contributed by atoms with Crippen LogP contribution in [0.4, 0.5) is 0 Å². The number of rotatable bonds is 5. The molecule has 120 valence electrons. The van der Waals surface area contributed by atoms with E-state index in [9.17, 15) is 9.59 Å². The molecule has 0 aliphatic heterocycles. The van der Waals surface area contributed by atoms with Gasteiger partial charge in [-0.25, -0.2) is 0 Å². The summed E-state index contributed by atoms with van der Waals surface area (Å²) in [7, 11) is 0. The Morgan fingerprint density at radius 2 is 1.87 bits per heavy atom. The van der Waals surface area contributed by atoms with E-state index in [4.69, 9.17) is 4.74 Å². The monoisotopic (exact) mass is 313 g/mol. The highest BCUT2D eigenvalue weighted by Crippen LogP contribution is 2.14. The number of carbonyl (C=O) groups excluding carboxylic acids is 2. The molecule has 0 aliphatic rings. The summed E-state index contributed by atoms with van der Waals surface area (Å²) in [6.07, 6.45) is 1.51. The SMILES string of the molecule is CC(C)COc1cccc(C(=O)NNC(=O)c2ccccn2)c1. The first-order valence-corrected chi connectivity index (χ1v) is 7.31. The number of benzene rings is 1. The molecule has 23 heavy (non-hydrogen) atoms. The van der Waals surface area contributed by atoms with Crippen molar-refractivity contribution in [2.75, 3.05) is 6.61 Å². The third kappa shape index (κ3) is 5.10. The zero-order valence-corrected chi connectivity index (χ0v) is 13.1. The van der Waals surface area contributed by atoms with Gasteiger partial charge in [0.2, 0.25) is 0 Å². The standard InChI is InChI=1S/C17H19N3O3/c1-12(2)11-23-14-7-5-6-13(10-14)16(21)19-20-17(22)15-8-3-4-9-18-15/h3-10,12H,11H2,1-2H3,(H,19,21)(H,20,22). The molecule has 2 amide bonds. The maximum atomic E-state index is 12.1. The van der Waals surface area contributed by atoms with E-state index in [2.05, 4.69) is 15.8 Å². The predicted molar refractivity (Wildman–Crippen MR) is 85.9 cm³/mol. The lowest BCUT2D eigenvalue weighted by atomic mass is 10.2. The molecule has 1 heterocycles. The van der Waals surface area contributed by atoms with E-state index in [0.29, 0.717) is 23.8 Å². The van der Waals surface area contributed by atoms with Gasteiger partial charge in [-0.2, -0.15) is 0 Å². The average molecular weight is 313 g/mol. The number of hydrogen-bond acceptors (Lipinski definition) is 4. The molecule has 6 nitrogen and oxygen atoms in total. The zero-order valence-electron chi connectivity index (χ0n) is 13.1. The molecule has 0 atom stereocenters. The topological polar surface area (TPSA) is 80.3 Å². The predicted octanol–water partition coefficient (Wildman–Crippen LogP) is 2.19. The largest absolute Gasteiger partial charge is 0.493 e. The number of nitrogens with zero attached hydrogens (tertiary/aromatic N) is 1. The quantitative estimate of drug-likeness (QED) is 0.829. The van der Waals surface area contributed by atoms with Crippen molar-refractivity contribution >= 4 is 11.8 Å². The van der Waals surface area contributed by atoms with Crippen LogP contribution in [0.25, 0.3) is 0 Å². The lowest BCUT2D eigenvalue weighted by molar-refractivity contribution is 0.0843. The van der Waals surface area contributed by atoms with E-state index in [1.807, 2.05) is 13.8 Å². The van der Waals surface area contributed by atoms with Crippen molar-refractivity contribution in [1.82, 2.24) is 15.8 Å². The number of hydrazine groups is 1. The fraction of sp³-hybridized carbons (Fsp3) is 0.235. The van der Waals surface area contributed by atoms with Crippen molar-refractivity contribution in [2.24, 2.45) is 5.92 Å². The zero-order chi connectivity index (χ0) is 16.7. The fourth-order valence-corrected chi connectivity index (χ4v) is 1.74. The molecule has 1 aromatic heterocycles. The first kappa shape index (κ1) is 16.5. The van der Waals surface area contributed by atoms with E-state index < -0.39 is 11.8 Å². The Labute approximate surface area is 134 Å². The van der Waals surface area contributed by atoms with Gasteiger partial charge in [-0.15, -0.1) is 0 Å². The lowest BCUT2D eigenvalue weighted by Crippen LogP contribution is -2.41. The minimum Gasteiger partial charge on any atom is -0.493 e. The first-order chi connectivity index (χ1) is 11.1. The van der Waals surface area contributed by atoms with E-state index >= 15 is 0 Å². The van der Waals surface area contributed by atoms with E-state index in [-0.39, 0.29) is 5.69 Å². The Kier molecular flexibility index (Phi) is 5.68. The first-order valence-electron chi connectivity index (χ1n) is 7.31. The Morgan fingerprint density at radius 1 is 1.09 bits per heavy atom. The number of aromatic nitrogens is 1. The van der Waals surface area contributed by atoms with Crippen LogP contribution in [-0.2, 0) is 0 Å². The van der Waals surface area contributed by atoms with Crippen LogP contribution in [0.3, 0.4) is 0 Å². The number of ether oxygens (including phenoxy) is 1. The Morgan fingerprint density at radius 3 is 2.57 bits per heavy atom. The molecule has 6 heteroatoms. The van der Waals surface area contributed by atoms with Crippen LogP contribution in [-0.4, -0.2) is 23.4 Å². The molecule has 1 aromatic carbocycles. The average Bonchev–Trinajstić information content (AvgIpc) is 2.58. The van der Waals surface area contributed by atoms with Crippen molar-refractivity contribution in [2.45, 2.75) is 13.8 Å². The summed E-state index contributed by atoms with van der Waals surface area (Å²) in [5.41, 5.74) is 5.30. The number of carbonyl (C=O) groups is 2. The van der Waals surface area contributed by atoms with Gasteiger partial charge in [-0.1, -0.05) is 26.0 Å². The third-order valence-corrected chi connectivity index (χ3v) is 2.87. The molecule has 0 saturated carbocycles. The molecule has 0 spiro atoms. The summed E-state index contributed by atoms with van der Waals surface area (Å²) < 4.78 is 5.58. The van der Waals surface area contributed by atoms with Crippen LogP contribution in [0.2, 0.25) is 0 Å². The van der Waals surface area contributed by atoms with Gasteiger partial charge >= 0.3 is 0 Å². The summed E-state index contributed by atoms with van der Waals surface area (Å²) in [6, 6.07) is 11.7. The van der Waals surface area contributed by atoms with Crippen LogP contribution in [0.1, 0.15) is 34.7 Å². The van der Waals surface area contributed by atoms with Crippen molar-refractivity contribution in [3.63, 3.8) is 0 Å². The molecule has 0 radical (unpaired) electrons. The van der Waals surface area contributed by atoms with Gasteiger partial charge in [0.15, 0.2) is 0 Å². The number of amides is 2. The Balaban J connectivity index is 1.93. The fourth-order valence-electron chi connectivity index (χ4n) is 1.74. The molecule has 2 N–H and O–H groups in total. The molecule has 0 saturated heterocycles. The normalized spacial score (nSPS) is 10.2. The molecule has 0 fully saturated rings. The molecular weight excluding hydrogens is 294 g/mol. The second-order valence-electron chi connectivity index (χ2n) is 5.36. The van der Waals surface area contributed by atoms with Crippen LogP contribution in [0, 0.1) is 5.92 Å². The van der Waals surface area contributed by atoms with Gasteiger partial charge in [-0.05, 0) is 36.2 Å². The van der Waals surface area contributed by atoms with Crippen LogP contribution >= 0.6 is 0 Å². The molecule has 0 unspecified atom stereocenters. The van der Waals surface area contributed by atoms with E-state index in [1.54, 1.807) is 42.5 Å². The van der Waals surface area contributed by atoms with Gasteiger partial charge in [0, 0.05) is 11.8 Å². The van der Waals surface area contributed by atoms with Crippen molar-refractivity contribution in [1.29, 1.82) is 0 Å². The van der Waals surface area contributed by atoms with E-state index in [1.165, 1.54) is 6.20 Å². The highest BCUT2D eigenvalue weighted by Gasteiger charge is 2.10. The lowest BCUT2D eigenvalue weighted by Gasteiger charge is -2.10. The smallest absolute Gasteiger partial charge is 0.288 e. The second kappa shape index (κ2) is 7.93. The summed E-state index contributed by atoms with van der Waals surface area (Å²) in [4.78, 5) is 27.8. The van der Waals surface area contributed by atoms with Gasteiger partial charge in [-0.3, -0.25) is 25.4 Å². The van der Waals surface area contributed by atoms with Gasteiger partial charge < -0.3 is 4.74 Å². The van der Waals surface area contributed by atoms with Crippen LogP contribution in [0.15, 0.2) is 48.7 Å². The summed E-state index contributed by atoms with van der Waals surface area (Å²) in [5, 5.41) is 0. The summed E-state index contributed by atoms with van der Waals surface area (Å²) in [6.45, 7) is 4.66. The summed E-state index contributed by atoms with van der Waals surface area (Å²) >= 11 is 0. The highest BCUT2D eigenvalue weighted by molar-refractivity contribution is 5.98. The Bertz CT molecular complexity index is 672. The molecule has 0 bridgehead atoms. The van der Waals surface area contributed by atoms with Crippen LogP contribution in [0.5, 0.6) is 5.75 Å².